The van der Waals surface area contributed by atoms with Gasteiger partial charge in [-0.1, -0.05) is 54.6 Å². The molecule has 6 heteroatoms. The second-order valence-corrected chi connectivity index (χ2v) is 8.19. The maximum atomic E-state index is 13.4. The first-order valence-corrected chi connectivity index (χ1v) is 10.7. The van der Waals surface area contributed by atoms with E-state index in [1.165, 1.54) is 5.56 Å². The quantitative estimate of drug-likeness (QED) is 0.671. The summed E-state index contributed by atoms with van der Waals surface area (Å²) in [6, 6.07) is 18.2. The van der Waals surface area contributed by atoms with Gasteiger partial charge in [-0.05, 0) is 29.5 Å². The lowest BCUT2D eigenvalue weighted by Crippen LogP contribution is -2.52. The Balaban J connectivity index is 1.44. The van der Waals surface area contributed by atoms with Crippen molar-refractivity contribution in [1.82, 2.24) is 19.8 Å². The molecule has 1 aliphatic rings. The molecule has 4 rings (SSSR count). The van der Waals surface area contributed by atoms with Gasteiger partial charge in [-0.3, -0.25) is 9.59 Å². The first-order chi connectivity index (χ1) is 15.1. The van der Waals surface area contributed by atoms with Crippen LogP contribution in [0.25, 0.3) is 0 Å². The number of benzene rings is 2. The molecular weight excluding hydrogens is 388 g/mol. The topological polar surface area (TPSA) is 67.2 Å². The van der Waals surface area contributed by atoms with Gasteiger partial charge in [-0.2, -0.15) is 0 Å². The maximum absolute atomic E-state index is 13.4. The number of nitrogens with zero attached hydrogens (tertiary/aromatic N) is 3. The Bertz CT molecular complexity index is 1010. The first-order valence-electron chi connectivity index (χ1n) is 10.7. The van der Waals surface area contributed by atoms with Crippen molar-refractivity contribution >= 4 is 11.8 Å². The molecule has 1 fully saturated rings. The van der Waals surface area contributed by atoms with Crippen molar-refractivity contribution < 1.29 is 9.59 Å². The molecule has 1 aromatic heterocycles. The minimum Gasteiger partial charge on any atom is -0.351 e. The second kappa shape index (κ2) is 9.16. The summed E-state index contributed by atoms with van der Waals surface area (Å²) in [7, 11) is 0. The van der Waals surface area contributed by atoms with Crippen molar-refractivity contribution in [1.29, 1.82) is 0 Å². The van der Waals surface area contributed by atoms with Crippen molar-refractivity contribution in [3.05, 3.63) is 90.0 Å². The van der Waals surface area contributed by atoms with E-state index in [0.29, 0.717) is 32.5 Å². The Morgan fingerprint density at radius 2 is 1.68 bits per heavy atom. The van der Waals surface area contributed by atoms with Gasteiger partial charge in [0.1, 0.15) is 0 Å². The molecule has 0 aliphatic carbocycles. The van der Waals surface area contributed by atoms with Crippen LogP contribution in [0.3, 0.4) is 0 Å². The van der Waals surface area contributed by atoms with E-state index in [1.54, 1.807) is 19.4 Å². The summed E-state index contributed by atoms with van der Waals surface area (Å²) in [6.07, 6.45) is 6.77. The van der Waals surface area contributed by atoms with Crippen LogP contribution in [0.4, 0.5) is 0 Å². The largest absolute Gasteiger partial charge is 0.351 e. The van der Waals surface area contributed by atoms with E-state index in [2.05, 4.69) is 34.6 Å². The number of carbonyl (C=O) groups excluding carboxylic acids is 2. The third-order valence-electron chi connectivity index (χ3n) is 6.22. The maximum Gasteiger partial charge on any atom is 0.231 e. The van der Waals surface area contributed by atoms with E-state index in [1.807, 2.05) is 46.0 Å². The summed E-state index contributed by atoms with van der Waals surface area (Å²) in [4.78, 5) is 31.1. The van der Waals surface area contributed by atoms with Crippen LogP contribution in [-0.4, -0.2) is 39.4 Å². The summed E-state index contributed by atoms with van der Waals surface area (Å²) in [5.41, 5.74) is 2.66. The number of rotatable bonds is 6. The fourth-order valence-corrected chi connectivity index (χ4v) is 4.31. The zero-order valence-corrected chi connectivity index (χ0v) is 17.8. The van der Waals surface area contributed by atoms with Gasteiger partial charge in [-0.15, -0.1) is 0 Å². The van der Waals surface area contributed by atoms with E-state index in [0.717, 1.165) is 17.7 Å². The van der Waals surface area contributed by atoms with Crippen molar-refractivity contribution in [2.45, 2.75) is 38.3 Å². The molecule has 1 saturated heterocycles. The number of amides is 2. The van der Waals surface area contributed by atoms with Crippen LogP contribution < -0.4 is 5.32 Å². The highest BCUT2D eigenvalue weighted by Gasteiger charge is 2.43. The number of imidazole rings is 1. The number of hydrogen-bond acceptors (Lipinski definition) is 3. The normalized spacial score (nSPS) is 15.5. The molecule has 0 unspecified atom stereocenters. The lowest BCUT2D eigenvalue weighted by atomic mass is 9.72. The van der Waals surface area contributed by atoms with E-state index < -0.39 is 5.41 Å². The standard InChI is InChI=1S/C25H28N4O2/c1-20(30)29-14-11-25(12-15-29,23-5-3-2-4-6-23)24(31)27-17-21-7-9-22(10-8-21)18-28-16-13-26-19-28/h2-10,13,16,19H,11-12,14-15,17-18H2,1H3,(H,27,31). The summed E-state index contributed by atoms with van der Waals surface area (Å²) in [5, 5.41) is 3.16. The van der Waals surface area contributed by atoms with Gasteiger partial charge in [0.05, 0.1) is 11.7 Å². The SMILES string of the molecule is CC(=O)N1CCC(C(=O)NCc2ccc(Cn3ccnc3)cc2)(c2ccccc2)CC1. The van der Waals surface area contributed by atoms with E-state index >= 15 is 0 Å². The number of aromatic nitrogens is 2. The molecule has 1 aliphatic heterocycles. The van der Waals surface area contributed by atoms with Gasteiger partial charge in [0.25, 0.3) is 0 Å². The van der Waals surface area contributed by atoms with Crippen LogP contribution in [-0.2, 0) is 28.1 Å². The monoisotopic (exact) mass is 416 g/mol. The van der Waals surface area contributed by atoms with Crippen molar-refractivity contribution in [3.8, 4) is 0 Å². The minimum atomic E-state index is -0.603. The third kappa shape index (κ3) is 4.68. The Kier molecular flexibility index (Phi) is 6.16. The minimum absolute atomic E-state index is 0.0318. The lowest BCUT2D eigenvalue weighted by molar-refractivity contribution is -0.135. The number of piperidine rings is 1. The number of carbonyl (C=O) groups is 2. The molecule has 6 nitrogen and oxygen atoms in total. The Labute approximate surface area is 182 Å². The van der Waals surface area contributed by atoms with Gasteiger partial charge >= 0.3 is 0 Å². The highest BCUT2D eigenvalue weighted by Crippen LogP contribution is 2.36. The van der Waals surface area contributed by atoms with Crippen molar-refractivity contribution in [2.24, 2.45) is 0 Å². The fourth-order valence-electron chi connectivity index (χ4n) is 4.31. The average molecular weight is 417 g/mol. The van der Waals surface area contributed by atoms with Crippen LogP contribution in [0.1, 0.15) is 36.5 Å². The molecule has 160 valence electrons. The van der Waals surface area contributed by atoms with E-state index in [4.69, 9.17) is 0 Å². The molecule has 1 N–H and O–H groups in total. The van der Waals surface area contributed by atoms with Crippen LogP contribution >= 0.6 is 0 Å². The van der Waals surface area contributed by atoms with Crippen LogP contribution in [0.2, 0.25) is 0 Å². The second-order valence-electron chi connectivity index (χ2n) is 8.19. The van der Waals surface area contributed by atoms with Crippen LogP contribution in [0.15, 0.2) is 73.3 Å². The van der Waals surface area contributed by atoms with Crippen LogP contribution in [0.5, 0.6) is 0 Å². The number of hydrogen-bond donors (Lipinski definition) is 1. The highest BCUT2D eigenvalue weighted by atomic mass is 16.2. The molecular formula is C25H28N4O2. The van der Waals surface area contributed by atoms with Crippen molar-refractivity contribution in [2.75, 3.05) is 13.1 Å². The van der Waals surface area contributed by atoms with Crippen LogP contribution in [0, 0.1) is 0 Å². The lowest BCUT2D eigenvalue weighted by Gasteiger charge is -2.40. The molecule has 0 saturated carbocycles. The molecule has 3 aromatic rings. The van der Waals surface area contributed by atoms with Gasteiger partial charge < -0.3 is 14.8 Å². The summed E-state index contributed by atoms with van der Waals surface area (Å²) < 4.78 is 2.02. The van der Waals surface area contributed by atoms with Gasteiger partial charge in [-0.25, -0.2) is 4.98 Å². The molecule has 2 heterocycles. The predicted molar refractivity (Wildman–Crippen MR) is 119 cm³/mol. The van der Waals surface area contributed by atoms with E-state index in [9.17, 15) is 9.59 Å². The number of nitrogens with one attached hydrogen (secondary N) is 1. The molecule has 31 heavy (non-hydrogen) atoms. The molecule has 0 atom stereocenters. The Hall–Kier alpha value is -3.41. The van der Waals surface area contributed by atoms with Gasteiger partial charge in [0, 0.05) is 45.5 Å². The third-order valence-corrected chi connectivity index (χ3v) is 6.22. The molecule has 0 radical (unpaired) electrons. The highest BCUT2D eigenvalue weighted by molar-refractivity contribution is 5.88. The van der Waals surface area contributed by atoms with Gasteiger partial charge in [0.2, 0.25) is 11.8 Å². The molecule has 0 spiro atoms. The molecule has 0 bridgehead atoms. The van der Waals surface area contributed by atoms with E-state index in [-0.39, 0.29) is 11.8 Å². The summed E-state index contributed by atoms with van der Waals surface area (Å²) in [5.74, 6) is 0.0993. The molecule has 2 amide bonds. The predicted octanol–water partition coefficient (Wildman–Crippen LogP) is 3.13. The van der Waals surface area contributed by atoms with Gasteiger partial charge in [0.15, 0.2) is 0 Å². The average Bonchev–Trinajstić information content (AvgIpc) is 3.32. The molecule has 2 aromatic carbocycles. The zero-order chi connectivity index (χ0) is 21.7. The first kappa shape index (κ1) is 20.8. The Morgan fingerprint density at radius 3 is 2.29 bits per heavy atom. The summed E-state index contributed by atoms with van der Waals surface area (Å²) in [6.45, 7) is 4.04. The van der Waals surface area contributed by atoms with Crippen molar-refractivity contribution in [3.63, 3.8) is 0 Å². The zero-order valence-electron chi connectivity index (χ0n) is 17.8. The summed E-state index contributed by atoms with van der Waals surface area (Å²) >= 11 is 0. The number of likely N-dealkylation sites (tertiary alicyclic amines) is 1. The fraction of sp³-hybridized carbons (Fsp3) is 0.320. The smallest absolute Gasteiger partial charge is 0.231 e. The Morgan fingerprint density at radius 1 is 1.00 bits per heavy atom.